The number of rotatable bonds is 3. The van der Waals surface area contributed by atoms with Crippen molar-refractivity contribution >= 4 is 6.09 Å². The molecule has 0 aliphatic heterocycles. The van der Waals surface area contributed by atoms with Gasteiger partial charge in [0.1, 0.15) is 18.0 Å². The topological polar surface area (TPSA) is 60.5 Å². The average molecular weight is 300 g/mol. The van der Waals surface area contributed by atoms with Crippen LogP contribution in [-0.4, -0.2) is 28.8 Å². The van der Waals surface area contributed by atoms with Gasteiger partial charge in [0.25, 0.3) is 0 Å². The molecule has 116 valence electrons. The summed E-state index contributed by atoms with van der Waals surface area (Å²) in [4.78, 5) is 14.8. The Morgan fingerprint density at radius 1 is 1.33 bits per heavy atom. The van der Waals surface area contributed by atoms with E-state index in [4.69, 9.17) is 9.47 Å². The molecule has 0 saturated heterocycles. The maximum Gasteiger partial charge on any atom is 0.407 e. The lowest BCUT2D eigenvalue weighted by Crippen LogP contribution is -2.46. The predicted octanol–water partition coefficient (Wildman–Crippen LogP) is 2.79. The van der Waals surface area contributed by atoms with E-state index in [0.717, 1.165) is 12.3 Å². The third-order valence-electron chi connectivity index (χ3n) is 2.88. The van der Waals surface area contributed by atoms with Crippen LogP contribution in [-0.2, 0) is 4.74 Å². The molecule has 1 fully saturated rings. The van der Waals surface area contributed by atoms with Gasteiger partial charge in [0.15, 0.2) is 5.82 Å². The quantitative estimate of drug-likeness (QED) is 0.872. The highest BCUT2D eigenvalue weighted by molar-refractivity contribution is 5.68. The van der Waals surface area contributed by atoms with Gasteiger partial charge in [-0.2, -0.15) is 4.39 Å². The molecule has 0 unspecified atom stereocenters. The van der Waals surface area contributed by atoms with E-state index >= 15 is 0 Å². The van der Waals surface area contributed by atoms with Crippen molar-refractivity contribution in [3.8, 4) is 5.75 Å². The van der Waals surface area contributed by atoms with Crippen LogP contribution in [0.2, 0.25) is 0 Å². The number of pyridine rings is 1. The molecule has 2 rings (SSSR count). The molecular formula is C14H18F2N2O3. The van der Waals surface area contributed by atoms with E-state index in [9.17, 15) is 13.6 Å². The Morgan fingerprint density at radius 3 is 2.57 bits per heavy atom. The van der Waals surface area contributed by atoms with E-state index in [0.29, 0.717) is 12.8 Å². The summed E-state index contributed by atoms with van der Waals surface area (Å²) in [5, 5.41) is 2.69. The van der Waals surface area contributed by atoms with Gasteiger partial charge in [-0.3, -0.25) is 0 Å². The Bertz CT molecular complexity index is 525. The summed E-state index contributed by atoms with van der Waals surface area (Å²) < 4.78 is 36.2. The molecular weight excluding hydrogens is 282 g/mol. The molecule has 1 aromatic rings. The fraction of sp³-hybridized carbons (Fsp3) is 0.571. The van der Waals surface area contributed by atoms with Crippen LogP contribution < -0.4 is 10.1 Å². The zero-order chi connectivity index (χ0) is 15.6. The van der Waals surface area contributed by atoms with Gasteiger partial charge in [-0.15, -0.1) is 0 Å². The first-order chi connectivity index (χ1) is 9.73. The van der Waals surface area contributed by atoms with Gasteiger partial charge in [-0.05, 0) is 20.8 Å². The fourth-order valence-corrected chi connectivity index (χ4v) is 1.86. The van der Waals surface area contributed by atoms with Crippen LogP contribution >= 0.6 is 0 Å². The maximum atomic E-state index is 13.0. The standard InChI is InChI=1S/C14H18F2N2O3/c1-14(2,3)18-13(19)21-9-4-8(5-9)20-10-6-11(15)12(16)17-7-10/h6-9H,4-5H2,1-3H3,(H,18,19). The van der Waals surface area contributed by atoms with Crippen LogP contribution in [0, 0.1) is 11.8 Å². The molecule has 1 aliphatic carbocycles. The largest absolute Gasteiger partial charge is 0.488 e. The summed E-state index contributed by atoms with van der Waals surface area (Å²) >= 11 is 0. The van der Waals surface area contributed by atoms with Gasteiger partial charge in [0.05, 0.1) is 6.20 Å². The van der Waals surface area contributed by atoms with E-state index in [1.54, 1.807) is 0 Å². The molecule has 1 aromatic heterocycles. The van der Waals surface area contributed by atoms with Gasteiger partial charge in [-0.1, -0.05) is 0 Å². The fourth-order valence-electron chi connectivity index (χ4n) is 1.86. The van der Waals surface area contributed by atoms with Crippen molar-refractivity contribution < 1.29 is 23.0 Å². The maximum absolute atomic E-state index is 13.0. The van der Waals surface area contributed by atoms with Crippen LogP contribution in [0.5, 0.6) is 5.75 Å². The number of alkyl carbamates (subject to hydrolysis) is 1. The number of halogens is 2. The third-order valence-corrected chi connectivity index (χ3v) is 2.88. The number of carbonyl (C=O) groups excluding carboxylic acids is 1. The minimum atomic E-state index is -1.16. The molecule has 5 nitrogen and oxygen atoms in total. The first kappa shape index (κ1) is 15.5. The molecule has 0 spiro atoms. The highest BCUT2D eigenvalue weighted by Crippen LogP contribution is 2.28. The number of carbonyl (C=O) groups is 1. The van der Waals surface area contributed by atoms with Gasteiger partial charge >= 0.3 is 6.09 Å². The van der Waals surface area contributed by atoms with Crippen molar-refractivity contribution in [2.75, 3.05) is 0 Å². The van der Waals surface area contributed by atoms with Crippen LogP contribution in [0.3, 0.4) is 0 Å². The normalized spacial score (nSPS) is 21.4. The molecule has 0 radical (unpaired) electrons. The van der Waals surface area contributed by atoms with Crippen LogP contribution in [0.1, 0.15) is 33.6 Å². The SMILES string of the molecule is CC(C)(C)NC(=O)OC1CC(Oc2cnc(F)c(F)c2)C1. The summed E-state index contributed by atoms with van der Waals surface area (Å²) in [5.74, 6) is -2.04. The van der Waals surface area contributed by atoms with Crippen molar-refractivity contribution in [3.05, 3.63) is 24.0 Å². The van der Waals surface area contributed by atoms with Crippen LogP contribution in [0.25, 0.3) is 0 Å². The lowest BCUT2D eigenvalue weighted by molar-refractivity contribution is -0.0246. The first-order valence-corrected chi connectivity index (χ1v) is 6.69. The summed E-state index contributed by atoms with van der Waals surface area (Å²) in [6.45, 7) is 5.57. The molecule has 0 aromatic carbocycles. The van der Waals surface area contributed by atoms with Crippen molar-refractivity contribution in [2.24, 2.45) is 0 Å². The molecule has 1 amide bonds. The second kappa shape index (κ2) is 5.83. The third kappa shape index (κ3) is 4.54. The zero-order valence-corrected chi connectivity index (χ0v) is 12.2. The number of hydrogen-bond acceptors (Lipinski definition) is 4. The first-order valence-electron chi connectivity index (χ1n) is 6.69. The zero-order valence-electron chi connectivity index (χ0n) is 12.2. The minimum absolute atomic E-state index is 0.163. The Kier molecular flexibility index (Phi) is 4.29. The molecule has 0 bridgehead atoms. The van der Waals surface area contributed by atoms with Gasteiger partial charge in [0, 0.05) is 24.4 Å². The Labute approximate surface area is 121 Å². The van der Waals surface area contributed by atoms with Crippen molar-refractivity contribution in [3.63, 3.8) is 0 Å². The lowest BCUT2D eigenvalue weighted by atomic mass is 9.92. The van der Waals surface area contributed by atoms with Gasteiger partial charge < -0.3 is 14.8 Å². The predicted molar refractivity (Wildman–Crippen MR) is 71.0 cm³/mol. The molecule has 7 heteroatoms. The van der Waals surface area contributed by atoms with Crippen molar-refractivity contribution in [1.29, 1.82) is 0 Å². The minimum Gasteiger partial charge on any atom is -0.488 e. The second-order valence-electron chi connectivity index (χ2n) is 6.06. The van der Waals surface area contributed by atoms with Crippen LogP contribution in [0.15, 0.2) is 12.3 Å². The average Bonchev–Trinajstić information content (AvgIpc) is 2.28. The van der Waals surface area contributed by atoms with E-state index < -0.39 is 17.9 Å². The summed E-state index contributed by atoms with van der Waals surface area (Å²) in [6.07, 6.45) is 1.26. The number of amides is 1. The van der Waals surface area contributed by atoms with E-state index in [1.807, 2.05) is 20.8 Å². The van der Waals surface area contributed by atoms with Crippen molar-refractivity contribution in [1.82, 2.24) is 10.3 Å². The van der Waals surface area contributed by atoms with E-state index in [2.05, 4.69) is 10.3 Å². The number of hydrogen-bond donors (Lipinski definition) is 1. The Balaban J connectivity index is 1.74. The summed E-state index contributed by atoms with van der Waals surface area (Å²) in [6, 6.07) is 0.947. The molecule has 1 N–H and O–H groups in total. The number of nitrogens with one attached hydrogen (secondary N) is 1. The molecule has 1 heterocycles. The monoisotopic (exact) mass is 300 g/mol. The van der Waals surface area contributed by atoms with Crippen molar-refractivity contribution in [2.45, 2.75) is 51.4 Å². The highest BCUT2D eigenvalue weighted by atomic mass is 19.2. The Morgan fingerprint density at radius 2 is 2.00 bits per heavy atom. The van der Waals surface area contributed by atoms with E-state index in [1.165, 1.54) is 0 Å². The van der Waals surface area contributed by atoms with Gasteiger partial charge in [0.2, 0.25) is 5.95 Å². The smallest absolute Gasteiger partial charge is 0.407 e. The molecule has 1 aliphatic rings. The number of ether oxygens (including phenoxy) is 2. The lowest BCUT2D eigenvalue weighted by Gasteiger charge is -2.35. The highest BCUT2D eigenvalue weighted by Gasteiger charge is 2.34. The van der Waals surface area contributed by atoms with Crippen LogP contribution in [0.4, 0.5) is 13.6 Å². The number of aromatic nitrogens is 1. The second-order valence-corrected chi connectivity index (χ2v) is 6.06. The summed E-state index contributed by atoms with van der Waals surface area (Å²) in [7, 11) is 0. The molecule has 0 atom stereocenters. The molecule has 1 saturated carbocycles. The molecule has 21 heavy (non-hydrogen) atoms. The Hall–Kier alpha value is -1.92. The summed E-state index contributed by atoms with van der Waals surface area (Å²) in [5.41, 5.74) is -0.353. The van der Waals surface area contributed by atoms with E-state index in [-0.39, 0.29) is 23.5 Å². The number of nitrogens with zero attached hydrogens (tertiary/aromatic N) is 1. The van der Waals surface area contributed by atoms with Gasteiger partial charge in [-0.25, -0.2) is 14.2 Å².